The molecule has 150 valence electrons. The third kappa shape index (κ3) is 3.67. The lowest BCUT2D eigenvalue weighted by Gasteiger charge is -2.18. The zero-order valence-electron chi connectivity index (χ0n) is 16.1. The summed E-state index contributed by atoms with van der Waals surface area (Å²) in [5.41, 5.74) is 3.68. The molecule has 0 saturated carbocycles. The molecule has 5 rings (SSSR count). The minimum Gasteiger partial charge on any atom is -0.467 e. The second-order valence-corrected chi connectivity index (χ2v) is 8.66. The van der Waals surface area contributed by atoms with E-state index in [1.165, 1.54) is 11.8 Å². The van der Waals surface area contributed by atoms with E-state index >= 15 is 0 Å². The van der Waals surface area contributed by atoms with Crippen LogP contribution < -0.4 is 10.3 Å². The Morgan fingerprint density at radius 2 is 2.03 bits per heavy atom. The number of nitrogens with zero attached hydrogens (tertiary/aromatic N) is 3. The summed E-state index contributed by atoms with van der Waals surface area (Å²) >= 11 is 3.25. The summed E-state index contributed by atoms with van der Waals surface area (Å²) in [7, 11) is 0. The van der Waals surface area contributed by atoms with Crippen LogP contribution in [0.3, 0.4) is 0 Å². The lowest BCUT2D eigenvalue weighted by atomic mass is 10.1. The first-order valence-corrected chi connectivity index (χ1v) is 11.2. The van der Waals surface area contributed by atoms with Gasteiger partial charge in [-0.1, -0.05) is 18.2 Å². The van der Waals surface area contributed by atoms with Gasteiger partial charge in [0.1, 0.15) is 11.8 Å². The number of anilines is 2. The second kappa shape index (κ2) is 7.89. The van der Waals surface area contributed by atoms with Crippen molar-refractivity contribution in [1.82, 2.24) is 4.98 Å². The molecule has 8 heteroatoms. The first-order valence-electron chi connectivity index (χ1n) is 9.45. The molecule has 1 aromatic carbocycles. The van der Waals surface area contributed by atoms with Crippen LogP contribution in [0.25, 0.3) is 11.3 Å². The summed E-state index contributed by atoms with van der Waals surface area (Å²) in [4.78, 5) is 17.2. The SMILES string of the molecule is CC(=O)Nc1ccc(-c2csc(N3N=C(c4cccs4)CC3c3ccco3)n2)cc1. The van der Waals surface area contributed by atoms with Gasteiger partial charge >= 0.3 is 0 Å². The molecule has 0 fully saturated rings. The number of thiophene rings is 1. The lowest BCUT2D eigenvalue weighted by molar-refractivity contribution is -0.114. The molecule has 0 aliphatic carbocycles. The Kier molecular flexibility index (Phi) is 4.94. The molecule has 4 aromatic rings. The van der Waals surface area contributed by atoms with Crippen LogP contribution >= 0.6 is 22.7 Å². The summed E-state index contributed by atoms with van der Waals surface area (Å²) in [6.07, 6.45) is 2.47. The van der Waals surface area contributed by atoms with Crippen molar-refractivity contribution in [3.8, 4) is 11.3 Å². The predicted octanol–water partition coefficient (Wildman–Crippen LogP) is 5.78. The first-order chi connectivity index (χ1) is 14.7. The Bertz CT molecular complexity index is 1180. The molecule has 4 heterocycles. The fourth-order valence-electron chi connectivity index (χ4n) is 3.41. The monoisotopic (exact) mass is 434 g/mol. The largest absolute Gasteiger partial charge is 0.467 e. The van der Waals surface area contributed by atoms with Gasteiger partial charge in [-0.05, 0) is 35.7 Å². The van der Waals surface area contributed by atoms with Gasteiger partial charge in [0.15, 0.2) is 0 Å². The average molecular weight is 435 g/mol. The highest BCUT2D eigenvalue weighted by molar-refractivity contribution is 7.14. The quantitative estimate of drug-likeness (QED) is 0.432. The molecule has 1 atom stereocenters. The highest BCUT2D eigenvalue weighted by Crippen LogP contribution is 2.40. The van der Waals surface area contributed by atoms with E-state index < -0.39 is 0 Å². The van der Waals surface area contributed by atoms with Gasteiger partial charge in [0, 0.05) is 30.0 Å². The van der Waals surface area contributed by atoms with Gasteiger partial charge < -0.3 is 9.73 Å². The molecule has 1 N–H and O–H groups in total. The molecule has 0 bridgehead atoms. The standard InChI is InChI=1S/C22H18N4O2S2/c1-14(27)23-16-8-6-15(7-9-16)18-13-30-22(24-18)26-19(20-4-2-10-28-20)12-17(25-26)21-5-3-11-29-21/h2-11,13,19H,12H2,1H3,(H,23,27). The molecule has 1 aliphatic rings. The molecular weight excluding hydrogens is 416 g/mol. The van der Waals surface area contributed by atoms with Crippen LogP contribution in [0.4, 0.5) is 10.8 Å². The summed E-state index contributed by atoms with van der Waals surface area (Å²) in [6, 6.07) is 15.7. The van der Waals surface area contributed by atoms with Crippen molar-refractivity contribution in [2.75, 3.05) is 10.3 Å². The van der Waals surface area contributed by atoms with E-state index in [0.717, 1.165) is 40.0 Å². The predicted molar refractivity (Wildman–Crippen MR) is 121 cm³/mol. The number of amides is 1. The van der Waals surface area contributed by atoms with Gasteiger partial charge in [-0.25, -0.2) is 9.99 Å². The highest BCUT2D eigenvalue weighted by atomic mass is 32.1. The van der Waals surface area contributed by atoms with E-state index in [0.29, 0.717) is 0 Å². The molecule has 6 nitrogen and oxygen atoms in total. The number of carbonyl (C=O) groups is 1. The van der Waals surface area contributed by atoms with Gasteiger partial charge in [-0.3, -0.25) is 4.79 Å². The Morgan fingerprint density at radius 3 is 2.73 bits per heavy atom. The third-order valence-electron chi connectivity index (χ3n) is 4.78. The maximum absolute atomic E-state index is 11.2. The summed E-state index contributed by atoms with van der Waals surface area (Å²) < 4.78 is 5.70. The number of thiazole rings is 1. The number of hydrogen-bond acceptors (Lipinski definition) is 7. The fraction of sp³-hybridized carbons (Fsp3) is 0.136. The fourth-order valence-corrected chi connectivity index (χ4v) is 4.96. The van der Waals surface area contributed by atoms with Gasteiger partial charge in [-0.15, -0.1) is 22.7 Å². The van der Waals surface area contributed by atoms with E-state index in [4.69, 9.17) is 14.5 Å². The number of rotatable bonds is 5. The average Bonchev–Trinajstić information content (AvgIpc) is 3.55. The van der Waals surface area contributed by atoms with E-state index in [-0.39, 0.29) is 11.9 Å². The molecular formula is C22H18N4O2S2. The van der Waals surface area contributed by atoms with Crippen molar-refractivity contribution in [1.29, 1.82) is 0 Å². The number of carbonyl (C=O) groups excluding carboxylic acids is 1. The highest BCUT2D eigenvalue weighted by Gasteiger charge is 2.33. The van der Waals surface area contributed by atoms with Crippen LogP contribution in [-0.4, -0.2) is 16.6 Å². The molecule has 30 heavy (non-hydrogen) atoms. The van der Waals surface area contributed by atoms with Crippen molar-refractivity contribution in [2.24, 2.45) is 5.10 Å². The molecule has 1 unspecified atom stereocenters. The lowest BCUT2D eigenvalue weighted by Crippen LogP contribution is -2.17. The van der Waals surface area contributed by atoms with Crippen molar-refractivity contribution < 1.29 is 9.21 Å². The molecule has 0 spiro atoms. The minimum absolute atomic E-state index is 0.0155. The van der Waals surface area contributed by atoms with Gasteiger partial charge in [0.05, 0.1) is 22.5 Å². The maximum Gasteiger partial charge on any atom is 0.221 e. The van der Waals surface area contributed by atoms with Crippen molar-refractivity contribution >= 4 is 45.1 Å². The van der Waals surface area contributed by atoms with Crippen LogP contribution in [0.5, 0.6) is 0 Å². The van der Waals surface area contributed by atoms with Crippen molar-refractivity contribution in [3.05, 3.63) is 76.2 Å². The number of aromatic nitrogens is 1. The molecule has 0 radical (unpaired) electrons. The van der Waals surface area contributed by atoms with Crippen LogP contribution in [0, 0.1) is 0 Å². The van der Waals surface area contributed by atoms with Crippen LogP contribution in [0.2, 0.25) is 0 Å². The number of benzene rings is 1. The summed E-state index contributed by atoms with van der Waals surface area (Å²) in [6.45, 7) is 1.50. The summed E-state index contributed by atoms with van der Waals surface area (Å²) in [5.74, 6) is 0.790. The van der Waals surface area contributed by atoms with E-state index in [2.05, 4.69) is 16.8 Å². The second-order valence-electron chi connectivity index (χ2n) is 6.88. The Morgan fingerprint density at radius 1 is 1.17 bits per heavy atom. The molecule has 1 amide bonds. The van der Waals surface area contributed by atoms with Crippen molar-refractivity contribution in [2.45, 2.75) is 19.4 Å². The zero-order chi connectivity index (χ0) is 20.5. The van der Waals surface area contributed by atoms with Crippen LogP contribution in [-0.2, 0) is 4.79 Å². The third-order valence-corrected chi connectivity index (χ3v) is 6.53. The topological polar surface area (TPSA) is 70.7 Å². The number of hydrogen-bond donors (Lipinski definition) is 1. The Balaban J connectivity index is 1.45. The van der Waals surface area contributed by atoms with Gasteiger partial charge in [0.25, 0.3) is 0 Å². The van der Waals surface area contributed by atoms with Gasteiger partial charge in [-0.2, -0.15) is 5.10 Å². The number of hydrazone groups is 1. The number of nitrogens with one attached hydrogen (secondary N) is 1. The zero-order valence-corrected chi connectivity index (χ0v) is 17.7. The number of furan rings is 1. The van der Waals surface area contributed by atoms with Crippen molar-refractivity contribution in [3.63, 3.8) is 0 Å². The molecule has 3 aromatic heterocycles. The van der Waals surface area contributed by atoms with Crippen LogP contribution in [0.15, 0.2) is 75.1 Å². The molecule has 0 saturated heterocycles. The van der Waals surface area contributed by atoms with E-state index in [1.54, 1.807) is 28.9 Å². The van der Waals surface area contributed by atoms with Crippen LogP contribution in [0.1, 0.15) is 30.0 Å². The Labute approximate surface area is 181 Å². The molecule has 1 aliphatic heterocycles. The maximum atomic E-state index is 11.2. The smallest absolute Gasteiger partial charge is 0.221 e. The summed E-state index contributed by atoms with van der Waals surface area (Å²) in [5, 5.41) is 14.6. The first kappa shape index (κ1) is 18.8. The van der Waals surface area contributed by atoms with Gasteiger partial charge in [0.2, 0.25) is 11.0 Å². The van der Waals surface area contributed by atoms with E-state index in [9.17, 15) is 4.79 Å². The normalized spacial score (nSPS) is 16.0. The Hall–Kier alpha value is -3.23. The minimum atomic E-state index is -0.0869. The van der Waals surface area contributed by atoms with E-state index in [1.807, 2.05) is 52.9 Å².